The van der Waals surface area contributed by atoms with Crippen molar-refractivity contribution in [2.24, 2.45) is 0 Å². The summed E-state index contributed by atoms with van der Waals surface area (Å²) in [6.07, 6.45) is 4.40. The maximum atomic E-state index is 4.35. The Labute approximate surface area is 72.8 Å². The molecule has 1 N–H and O–H groups in total. The Morgan fingerprint density at radius 3 is 3.17 bits per heavy atom. The number of hydrogen-bond acceptors (Lipinski definition) is 2. The maximum absolute atomic E-state index is 4.35. The Morgan fingerprint density at radius 1 is 1.58 bits per heavy atom. The lowest BCUT2D eigenvalue weighted by atomic mass is 10.1. The van der Waals surface area contributed by atoms with E-state index < -0.39 is 0 Å². The number of aryl methyl sites for hydroxylation is 1. The molecule has 1 aliphatic heterocycles. The molecule has 12 heavy (non-hydrogen) atoms. The van der Waals surface area contributed by atoms with E-state index in [1.165, 1.54) is 24.2 Å². The van der Waals surface area contributed by atoms with E-state index in [1.807, 2.05) is 6.20 Å². The lowest BCUT2D eigenvalue weighted by molar-refractivity contribution is 0.535. The predicted octanol–water partition coefficient (Wildman–Crippen LogP) is 1.82. The predicted molar refractivity (Wildman–Crippen MR) is 49.4 cm³/mol. The van der Waals surface area contributed by atoms with Crippen LogP contribution in [0.15, 0.2) is 6.20 Å². The summed E-state index contributed by atoms with van der Waals surface area (Å²) in [7, 11) is 0. The van der Waals surface area contributed by atoms with Crippen LogP contribution in [0.3, 0.4) is 0 Å². The van der Waals surface area contributed by atoms with Crippen molar-refractivity contribution in [2.75, 3.05) is 11.9 Å². The van der Waals surface area contributed by atoms with Gasteiger partial charge >= 0.3 is 0 Å². The lowest BCUT2D eigenvalue weighted by Crippen LogP contribution is -2.15. The highest BCUT2D eigenvalue weighted by Gasteiger charge is 2.15. The summed E-state index contributed by atoms with van der Waals surface area (Å²) in [4.78, 5) is 0. The number of nitrogens with one attached hydrogen (secondary N) is 1. The zero-order chi connectivity index (χ0) is 8.55. The molecule has 0 amide bonds. The molecular formula is C9H15N3. The molecule has 0 aliphatic carbocycles. The molecule has 0 unspecified atom stereocenters. The van der Waals surface area contributed by atoms with Crippen LogP contribution < -0.4 is 5.32 Å². The molecule has 0 spiro atoms. The first-order valence-electron chi connectivity index (χ1n) is 4.59. The Morgan fingerprint density at radius 2 is 2.42 bits per heavy atom. The number of rotatable bonds is 1. The van der Waals surface area contributed by atoms with Crippen molar-refractivity contribution < 1.29 is 0 Å². The van der Waals surface area contributed by atoms with Crippen LogP contribution in [0, 0.1) is 0 Å². The van der Waals surface area contributed by atoms with Gasteiger partial charge in [-0.15, -0.1) is 0 Å². The molecule has 1 aromatic heterocycles. The molecule has 0 atom stereocenters. The minimum absolute atomic E-state index is 0.458. The van der Waals surface area contributed by atoms with Gasteiger partial charge in [0, 0.05) is 18.2 Å². The summed E-state index contributed by atoms with van der Waals surface area (Å²) >= 11 is 0. The Hall–Kier alpha value is -0.990. The van der Waals surface area contributed by atoms with E-state index in [4.69, 9.17) is 0 Å². The molecule has 3 heteroatoms. The number of hydrogen-bond donors (Lipinski definition) is 1. The van der Waals surface area contributed by atoms with Crippen LogP contribution in [0.25, 0.3) is 0 Å². The highest BCUT2D eigenvalue weighted by Crippen LogP contribution is 2.23. The molecule has 1 aliphatic rings. The fraction of sp³-hybridized carbons (Fsp3) is 0.667. The number of nitrogens with zero attached hydrogens (tertiary/aromatic N) is 2. The molecule has 0 aromatic carbocycles. The van der Waals surface area contributed by atoms with Crippen molar-refractivity contribution in [3.8, 4) is 0 Å². The van der Waals surface area contributed by atoms with Crippen LogP contribution >= 0.6 is 0 Å². The van der Waals surface area contributed by atoms with Gasteiger partial charge in [0.15, 0.2) is 0 Å². The van der Waals surface area contributed by atoms with Crippen molar-refractivity contribution in [1.29, 1.82) is 0 Å². The highest BCUT2D eigenvalue weighted by atomic mass is 15.3. The number of anilines is 1. The largest absolute Gasteiger partial charge is 0.370 e. The molecule has 1 aromatic rings. The molecule has 0 bridgehead atoms. The van der Waals surface area contributed by atoms with Gasteiger partial charge in [-0.05, 0) is 26.7 Å². The fourth-order valence-corrected chi connectivity index (χ4v) is 1.65. The number of aromatic nitrogens is 2. The van der Waals surface area contributed by atoms with E-state index in [2.05, 4.69) is 28.9 Å². The van der Waals surface area contributed by atoms with Gasteiger partial charge in [0.2, 0.25) is 0 Å². The Balaban J connectivity index is 2.38. The second-order valence-electron chi connectivity index (χ2n) is 3.59. The average Bonchev–Trinajstić information content (AvgIpc) is 2.47. The van der Waals surface area contributed by atoms with E-state index in [-0.39, 0.29) is 0 Å². The van der Waals surface area contributed by atoms with Gasteiger partial charge in [0.1, 0.15) is 5.82 Å². The molecule has 2 heterocycles. The summed E-state index contributed by atoms with van der Waals surface area (Å²) in [5, 5.41) is 7.74. The second-order valence-corrected chi connectivity index (χ2v) is 3.59. The van der Waals surface area contributed by atoms with Gasteiger partial charge in [0.25, 0.3) is 0 Å². The van der Waals surface area contributed by atoms with Gasteiger partial charge in [0.05, 0.1) is 6.20 Å². The van der Waals surface area contributed by atoms with Gasteiger partial charge in [-0.3, -0.25) is 0 Å². The van der Waals surface area contributed by atoms with Crippen molar-refractivity contribution in [3.63, 3.8) is 0 Å². The third kappa shape index (κ3) is 1.09. The zero-order valence-electron chi connectivity index (χ0n) is 7.67. The average molecular weight is 165 g/mol. The van der Waals surface area contributed by atoms with Gasteiger partial charge in [-0.25, -0.2) is 4.68 Å². The molecule has 3 nitrogen and oxygen atoms in total. The SMILES string of the molecule is CC(C)n1ncc2c1NCCC2. The second kappa shape index (κ2) is 2.81. The van der Waals surface area contributed by atoms with E-state index in [0.717, 1.165) is 6.54 Å². The van der Waals surface area contributed by atoms with Gasteiger partial charge < -0.3 is 5.32 Å². The van der Waals surface area contributed by atoms with E-state index >= 15 is 0 Å². The molecule has 0 saturated heterocycles. The number of fused-ring (bicyclic) bond motifs is 1. The minimum Gasteiger partial charge on any atom is -0.370 e. The Bertz CT molecular complexity index is 275. The normalized spacial score (nSPS) is 15.9. The standard InChI is InChI=1S/C9H15N3/c1-7(2)12-9-8(6-11-12)4-3-5-10-9/h6-7,10H,3-5H2,1-2H3. The van der Waals surface area contributed by atoms with E-state index in [9.17, 15) is 0 Å². The van der Waals surface area contributed by atoms with E-state index in [1.54, 1.807) is 0 Å². The third-order valence-electron chi connectivity index (χ3n) is 2.28. The summed E-state index contributed by atoms with van der Waals surface area (Å²) < 4.78 is 2.06. The topological polar surface area (TPSA) is 29.9 Å². The molecule has 66 valence electrons. The van der Waals surface area contributed by atoms with Crippen LogP contribution in [0.2, 0.25) is 0 Å². The molecule has 0 fully saturated rings. The van der Waals surface area contributed by atoms with Crippen LogP contribution in [0.5, 0.6) is 0 Å². The molecule has 0 radical (unpaired) electrons. The summed E-state index contributed by atoms with van der Waals surface area (Å²) in [5.41, 5.74) is 1.37. The smallest absolute Gasteiger partial charge is 0.127 e. The van der Waals surface area contributed by atoms with Gasteiger partial charge in [-0.2, -0.15) is 5.10 Å². The van der Waals surface area contributed by atoms with Crippen LogP contribution in [-0.2, 0) is 6.42 Å². The fourth-order valence-electron chi connectivity index (χ4n) is 1.65. The van der Waals surface area contributed by atoms with Crippen molar-refractivity contribution in [2.45, 2.75) is 32.7 Å². The monoisotopic (exact) mass is 165 g/mol. The quantitative estimate of drug-likeness (QED) is 0.688. The molecule has 2 rings (SSSR count). The van der Waals surface area contributed by atoms with Crippen molar-refractivity contribution in [3.05, 3.63) is 11.8 Å². The van der Waals surface area contributed by atoms with Crippen molar-refractivity contribution in [1.82, 2.24) is 9.78 Å². The summed E-state index contributed by atoms with van der Waals surface area (Å²) in [6.45, 7) is 5.40. The van der Waals surface area contributed by atoms with Crippen LogP contribution in [0.1, 0.15) is 31.9 Å². The zero-order valence-corrected chi connectivity index (χ0v) is 7.67. The maximum Gasteiger partial charge on any atom is 0.127 e. The first kappa shape index (κ1) is 7.65. The van der Waals surface area contributed by atoms with Crippen molar-refractivity contribution >= 4 is 5.82 Å². The Kier molecular flexibility index (Phi) is 1.79. The van der Waals surface area contributed by atoms with Crippen LogP contribution in [-0.4, -0.2) is 16.3 Å². The lowest BCUT2D eigenvalue weighted by Gasteiger charge is -2.17. The first-order chi connectivity index (χ1) is 5.79. The minimum atomic E-state index is 0.458. The van der Waals surface area contributed by atoms with Crippen LogP contribution in [0.4, 0.5) is 5.82 Å². The highest BCUT2D eigenvalue weighted by molar-refractivity contribution is 5.46. The van der Waals surface area contributed by atoms with Gasteiger partial charge in [-0.1, -0.05) is 0 Å². The summed E-state index contributed by atoms with van der Waals surface area (Å²) in [6, 6.07) is 0.458. The first-order valence-corrected chi connectivity index (χ1v) is 4.59. The molecular weight excluding hydrogens is 150 g/mol. The third-order valence-corrected chi connectivity index (χ3v) is 2.28. The van der Waals surface area contributed by atoms with E-state index in [0.29, 0.717) is 6.04 Å². The molecule has 0 saturated carbocycles. The summed E-state index contributed by atoms with van der Waals surface area (Å²) in [5.74, 6) is 1.23.